The fourth-order valence-electron chi connectivity index (χ4n) is 3.12. The summed E-state index contributed by atoms with van der Waals surface area (Å²) in [7, 11) is -3.42. The van der Waals surface area contributed by atoms with Gasteiger partial charge in [0.05, 0.1) is 5.75 Å². The largest absolute Gasteiger partial charge is 0.337 e. The Morgan fingerprint density at radius 2 is 1.92 bits per heavy atom. The van der Waals surface area contributed by atoms with Crippen LogP contribution < -0.4 is 4.72 Å². The van der Waals surface area contributed by atoms with Crippen molar-refractivity contribution >= 4 is 15.9 Å². The van der Waals surface area contributed by atoms with Gasteiger partial charge >= 0.3 is 0 Å². The van der Waals surface area contributed by atoms with Gasteiger partial charge in [0.25, 0.3) is 0 Å². The molecule has 1 heterocycles. The first-order valence-electron chi connectivity index (χ1n) is 8.68. The van der Waals surface area contributed by atoms with Crippen LogP contribution in [0.2, 0.25) is 0 Å². The van der Waals surface area contributed by atoms with E-state index in [2.05, 4.69) is 10.8 Å². The number of amides is 1. The lowest BCUT2D eigenvalue weighted by Crippen LogP contribution is -2.50. The van der Waals surface area contributed by atoms with Gasteiger partial charge in [0.2, 0.25) is 15.9 Å². The minimum Gasteiger partial charge on any atom is -0.337 e. The second kappa shape index (κ2) is 8.12. The summed E-state index contributed by atoms with van der Waals surface area (Å²) < 4.78 is 26.9. The summed E-state index contributed by atoms with van der Waals surface area (Å²) >= 11 is 0. The van der Waals surface area contributed by atoms with Gasteiger partial charge in [-0.25, -0.2) is 13.1 Å². The summed E-state index contributed by atoms with van der Waals surface area (Å²) in [5.41, 5.74) is 2.42. The fourth-order valence-corrected chi connectivity index (χ4v) is 4.41. The van der Waals surface area contributed by atoms with E-state index in [1.807, 2.05) is 39.0 Å². The molecule has 0 radical (unpaired) electrons. The molecule has 1 aliphatic rings. The van der Waals surface area contributed by atoms with E-state index in [0.29, 0.717) is 25.9 Å². The number of nitrogens with zero attached hydrogens (tertiary/aromatic N) is 1. The van der Waals surface area contributed by atoms with Crippen molar-refractivity contribution in [3.8, 4) is 0 Å². The highest BCUT2D eigenvalue weighted by Gasteiger charge is 2.30. The van der Waals surface area contributed by atoms with E-state index in [0.717, 1.165) is 12.0 Å². The van der Waals surface area contributed by atoms with E-state index in [1.54, 1.807) is 4.90 Å². The third-order valence-corrected chi connectivity index (χ3v) is 5.83. The van der Waals surface area contributed by atoms with Gasteiger partial charge in [-0.2, -0.15) is 0 Å². The highest BCUT2D eigenvalue weighted by atomic mass is 32.2. The highest BCUT2D eigenvalue weighted by molar-refractivity contribution is 7.89. The number of carbonyl (C=O) groups is 1. The van der Waals surface area contributed by atoms with Crippen LogP contribution in [-0.2, 0) is 27.8 Å². The molecule has 0 fully saturated rings. The monoisotopic (exact) mass is 352 g/mol. The third-order valence-electron chi connectivity index (χ3n) is 4.24. The lowest BCUT2D eigenvalue weighted by molar-refractivity contribution is -0.134. The minimum atomic E-state index is -3.42. The molecule has 0 unspecified atom stereocenters. The number of fused-ring (bicyclic) bond motifs is 1. The van der Waals surface area contributed by atoms with Crippen LogP contribution in [0.1, 0.15) is 44.7 Å². The molecule has 0 aliphatic carbocycles. The Kier molecular flexibility index (Phi) is 6.40. The maximum Gasteiger partial charge on any atom is 0.241 e. The second-order valence-corrected chi connectivity index (χ2v) is 8.77. The molecule has 5 nitrogen and oxygen atoms in total. The van der Waals surface area contributed by atoms with Crippen molar-refractivity contribution in [3.05, 3.63) is 35.4 Å². The van der Waals surface area contributed by atoms with Crippen LogP contribution in [0.4, 0.5) is 0 Å². The molecule has 1 aromatic carbocycles. The van der Waals surface area contributed by atoms with Crippen LogP contribution >= 0.6 is 0 Å². The Morgan fingerprint density at radius 3 is 2.54 bits per heavy atom. The first-order chi connectivity index (χ1) is 11.3. The molecule has 1 amide bonds. The van der Waals surface area contributed by atoms with Gasteiger partial charge in [0.15, 0.2) is 0 Å². The Bertz CT molecular complexity index is 671. The molecule has 6 heteroatoms. The smallest absolute Gasteiger partial charge is 0.241 e. The number of rotatable bonds is 7. The SMILES string of the molecule is CCCS(=O)(=O)N[C@H](CC(C)C)C(=O)N1CCc2ccccc2C1. The van der Waals surface area contributed by atoms with Crippen LogP contribution in [0, 0.1) is 5.92 Å². The molecule has 1 aliphatic heterocycles. The van der Waals surface area contributed by atoms with E-state index in [4.69, 9.17) is 0 Å². The molecular weight excluding hydrogens is 324 g/mol. The molecule has 0 saturated heterocycles. The highest BCUT2D eigenvalue weighted by Crippen LogP contribution is 2.20. The molecule has 2 rings (SSSR count). The second-order valence-electron chi connectivity index (χ2n) is 6.90. The standard InChI is InChI=1S/C18H28N2O3S/c1-4-11-24(22,23)19-17(12-14(2)3)18(21)20-10-9-15-7-5-6-8-16(15)13-20/h5-8,14,17,19H,4,9-13H2,1-3H3/t17-/m1/s1. The van der Waals surface area contributed by atoms with Crippen molar-refractivity contribution < 1.29 is 13.2 Å². The number of nitrogens with one attached hydrogen (secondary N) is 1. The molecule has 1 atom stereocenters. The molecule has 1 N–H and O–H groups in total. The van der Waals surface area contributed by atoms with Crippen LogP contribution in [-0.4, -0.2) is 37.6 Å². The predicted molar refractivity (Wildman–Crippen MR) is 96.0 cm³/mol. The van der Waals surface area contributed by atoms with Gasteiger partial charge in [-0.3, -0.25) is 4.79 Å². The Labute approximate surface area is 145 Å². The van der Waals surface area contributed by atoms with Crippen molar-refractivity contribution in [2.24, 2.45) is 5.92 Å². The van der Waals surface area contributed by atoms with Gasteiger partial charge in [-0.1, -0.05) is 45.0 Å². The fraction of sp³-hybridized carbons (Fsp3) is 0.611. The quantitative estimate of drug-likeness (QED) is 0.819. The molecule has 134 valence electrons. The number of hydrogen-bond donors (Lipinski definition) is 1. The Morgan fingerprint density at radius 1 is 1.25 bits per heavy atom. The van der Waals surface area contributed by atoms with E-state index in [-0.39, 0.29) is 17.6 Å². The van der Waals surface area contributed by atoms with Gasteiger partial charge in [0, 0.05) is 13.1 Å². The summed E-state index contributed by atoms with van der Waals surface area (Å²) in [6.45, 7) is 7.01. The maximum absolute atomic E-state index is 12.9. The molecule has 0 saturated carbocycles. The zero-order valence-electron chi connectivity index (χ0n) is 14.8. The number of sulfonamides is 1. The summed E-state index contributed by atoms with van der Waals surface area (Å²) in [5.74, 6) is 0.177. The molecule has 0 spiro atoms. The van der Waals surface area contributed by atoms with Crippen LogP contribution in [0.3, 0.4) is 0 Å². The number of benzene rings is 1. The average Bonchev–Trinajstić information content (AvgIpc) is 2.52. The Hall–Kier alpha value is -1.40. The lowest BCUT2D eigenvalue weighted by atomic mass is 9.98. The van der Waals surface area contributed by atoms with E-state index < -0.39 is 16.1 Å². The van der Waals surface area contributed by atoms with Crippen molar-refractivity contribution in [1.29, 1.82) is 0 Å². The third kappa shape index (κ3) is 5.05. The summed E-state index contributed by atoms with van der Waals surface area (Å²) in [4.78, 5) is 14.7. The van der Waals surface area contributed by atoms with Crippen LogP contribution in [0.15, 0.2) is 24.3 Å². The lowest BCUT2D eigenvalue weighted by Gasteiger charge is -2.32. The minimum absolute atomic E-state index is 0.0533. The average molecular weight is 353 g/mol. The first-order valence-corrected chi connectivity index (χ1v) is 10.3. The van der Waals surface area contributed by atoms with Crippen LogP contribution in [0.5, 0.6) is 0 Å². The van der Waals surface area contributed by atoms with Gasteiger partial charge in [0.1, 0.15) is 6.04 Å². The zero-order chi connectivity index (χ0) is 17.7. The van der Waals surface area contributed by atoms with Gasteiger partial charge < -0.3 is 4.90 Å². The van der Waals surface area contributed by atoms with Crippen molar-refractivity contribution in [3.63, 3.8) is 0 Å². The molecule has 0 bridgehead atoms. The topological polar surface area (TPSA) is 66.5 Å². The predicted octanol–water partition coefficient (Wildman–Crippen LogP) is 2.32. The molecule has 0 aromatic heterocycles. The van der Waals surface area contributed by atoms with E-state index in [1.165, 1.54) is 5.56 Å². The molecular formula is C18H28N2O3S. The number of carbonyl (C=O) groups excluding carboxylic acids is 1. The summed E-state index contributed by atoms with van der Waals surface area (Å²) in [6.07, 6.45) is 1.87. The van der Waals surface area contributed by atoms with Crippen molar-refractivity contribution in [2.75, 3.05) is 12.3 Å². The zero-order valence-corrected chi connectivity index (χ0v) is 15.6. The van der Waals surface area contributed by atoms with Crippen molar-refractivity contribution in [2.45, 2.75) is 52.6 Å². The summed E-state index contributed by atoms with van der Waals surface area (Å²) in [6, 6.07) is 7.44. The van der Waals surface area contributed by atoms with E-state index >= 15 is 0 Å². The Balaban J connectivity index is 2.13. The van der Waals surface area contributed by atoms with Crippen LogP contribution in [0.25, 0.3) is 0 Å². The van der Waals surface area contributed by atoms with Gasteiger partial charge in [-0.15, -0.1) is 0 Å². The molecule has 1 aromatic rings. The van der Waals surface area contributed by atoms with Crippen molar-refractivity contribution in [1.82, 2.24) is 9.62 Å². The van der Waals surface area contributed by atoms with E-state index in [9.17, 15) is 13.2 Å². The van der Waals surface area contributed by atoms with Gasteiger partial charge in [-0.05, 0) is 36.3 Å². The first kappa shape index (κ1) is 18.9. The molecule has 24 heavy (non-hydrogen) atoms. The maximum atomic E-state index is 12.9. The number of hydrogen-bond acceptors (Lipinski definition) is 3. The summed E-state index contributed by atoms with van der Waals surface area (Å²) in [5, 5.41) is 0. The normalized spacial score (nSPS) is 16.1.